The maximum absolute atomic E-state index is 12.5. The molecule has 1 N–H and O–H groups in total. The van der Waals surface area contributed by atoms with Crippen molar-refractivity contribution in [2.24, 2.45) is 0 Å². The zero-order chi connectivity index (χ0) is 18.5. The number of carbonyl (C=O) groups is 1. The summed E-state index contributed by atoms with van der Waals surface area (Å²) in [5.41, 5.74) is 1.23. The van der Waals surface area contributed by atoms with E-state index in [1.165, 1.54) is 0 Å². The number of rotatable bonds is 5. The van der Waals surface area contributed by atoms with Gasteiger partial charge in [0.2, 0.25) is 5.91 Å². The fourth-order valence-electron chi connectivity index (χ4n) is 2.71. The molecule has 1 aliphatic rings. The van der Waals surface area contributed by atoms with Crippen LogP contribution in [0.2, 0.25) is 0 Å². The predicted octanol–water partition coefficient (Wildman–Crippen LogP) is 2.66. The van der Waals surface area contributed by atoms with Crippen LogP contribution in [0.1, 0.15) is 12.5 Å². The molecule has 1 amide bonds. The largest absolute Gasteiger partial charge is 0.486 e. The summed E-state index contributed by atoms with van der Waals surface area (Å²) in [7, 11) is 1.88. The molecule has 0 fully saturated rings. The van der Waals surface area contributed by atoms with Gasteiger partial charge in [0, 0.05) is 12.2 Å². The normalized spacial score (nSPS) is 16.6. The van der Waals surface area contributed by atoms with Crippen LogP contribution in [0.3, 0.4) is 0 Å². The van der Waals surface area contributed by atoms with E-state index in [9.17, 15) is 4.79 Å². The minimum absolute atomic E-state index is 0.116. The van der Waals surface area contributed by atoms with E-state index in [0.717, 1.165) is 11.5 Å². The molecular weight excluding hydrogens is 330 g/mol. The van der Waals surface area contributed by atoms with Gasteiger partial charge in [0.25, 0.3) is 0 Å². The smallest absolute Gasteiger partial charge is 0.241 e. The third-order valence-corrected chi connectivity index (χ3v) is 4.38. The topological polar surface area (TPSA) is 74.6 Å². The van der Waals surface area contributed by atoms with Crippen molar-refractivity contribution in [1.82, 2.24) is 4.90 Å². The Bertz CT molecular complexity index is 814. The fraction of sp³-hybridized carbons (Fsp3) is 0.300. The highest BCUT2D eigenvalue weighted by atomic mass is 16.6. The predicted molar refractivity (Wildman–Crippen MR) is 98.2 cm³/mol. The molecule has 3 rings (SSSR count). The summed E-state index contributed by atoms with van der Waals surface area (Å²) in [6.45, 7) is 2.86. The van der Waals surface area contributed by atoms with Crippen LogP contribution in [0, 0.1) is 11.3 Å². The van der Waals surface area contributed by atoms with Gasteiger partial charge in [-0.05, 0) is 50.4 Å². The van der Waals surface area contributed by atoms with Crippen LogP contribution >= 0.6 is 0 Å². The number of anilines is 1. The molecule has 0 radical (unpaired) electrons. The summed E-state index contributed by atoms with van der Waals surface area (Å²) in [6, 6.07) is 16.1. The zero-order valence-electron chi connectivity index (χ0n) is 14.8. The molecule has 0 aliphatic carbocycles. The third kappa shape index (κ3) is 4.13. The van der Waals surface area contributed by atoms with E-state index >= 15 is 0 Å². The van der Waals surface area contributed by atoms with E-state index < -0.39 is 0 Å². The van der Waals surface area contributed by atoms with Gasteiger partial charge in [-0.25, -0.2) is 0 Å². The number of para-hydroxylation sites is 2. The van der Waals surface area contributed by atoms with Gasteiger partial charge in [0.05, 0.1) is 17.7 Å². The number of benzene rings is 2. The second-order valence-corrected chi connectivity index (χ2v) is 6.29. The molecule has 0 bridgehead atoms. The Kier molecular flexibility index (Phi) is 5.40. The average Bonchev–Trinajstić information content (AvgIpc) is 2.67. The van der Waals surface area contributed by atoms with Crippen molar-refractivity contribution in [3.63, 3.8) is 0 Å². The molecular formula is C20H21N3O3. The lowest BCUT2D eigenvalue weighted by Crippen LogP contribution is -2.46. The van der Waals surface area contributed by atoms with Crippen LogP contribution in [0.15, 0.2) is 48.5 Å². The SMILES string of the molecule is C[C@@H](C(=O)Nc1ccc(C#N)cc1)N(C)C[C@@H]1COc2ccccc2O1. The number of hydrogen-bond donors (Lipinski definition) is 1. The van der Waals surface area contributed by atoms with E-state index in [4.69, 9.17) is 14.7 Å². The Labute approximate surface area is 152 Å². The fourth-order valence-corrected chi connectivity index (χ4v) is 2.71. The molecule has 0 saturated heterocycles. The minimum Gasteiger partial charge on any atom is -0.486 e. The van der Waals surface area contributed by atoms with E-state index in [1.807, 2.05) is 43.1 Å². The van der Waals surface area contributed by atoms with Crippen LogP contribution < -0.4 is 14.8 Å². The van der Waals surface area contributed by atoms with E-state index in [2.05, 4.69) is 11.4 Å². The monoisotopic (exact) mass is 351 g/mol. The van der Waals surface area contributed by atoms with Gasteiger partial charge in [0.15, 0.2) is 11.5 Å². The van der Waals surface area contributed by atoms with Crippen LogP contribution in [0.4, 0.5) is 5.69 Å². The molecule has 6 heteroatoms. The van der Waals surface area contributed by atoms with Crippen molar-refractivity contribution >= 4 is 11.6 Å². The van der Waals surface area contributed by atoms with Crippen molar-refractivity contribution in [2.45, 2.75) is 19.1 Å². The minimum atomic E-state index is -0.341. The van der Waals surface area contributed by atoms with Gasteiger partial charge >= 0.3 is 0 Å². The third-order valence-electron chi connectivity index (χ3n) is 4.38. The Morgan fingerprint density at radius 3 is 2.65 bits per heavy atom. The highest BCUT2D eigenvalue weighted by molar-refractivity contribution is 5.94. The summed E-state index contributed by atoms with van der Waals surface area (Å²) >= 11 is 0. The van der Waals surface area contributed by atoms with Gasteiger partial charge in [-0.1, -0.05) is 12.1 Å². The van der Waals surface area contributed by atoms with Crippen molar-refractivity contribution in [1.29, 1.82) is 5.26 Å². The molecule has 0 unspecified atom stereocenters. The summed E-state index contributed by atoms with van der Waals surface area (Å²) in [6.07, 6.45) is -0.139. The zero-order valence-corrected chi connectivity index (χ0v) is 14.8. The standard InChI is InChI=1S/C20H21N3O3/c1-14(20(24)22-16-9-7-15(11-21)8-10-16)23(2)12-17-13-25-18-5-3-4-6-19(18)26-17/h3-10,14,17H,12-13H2,1-2H3,(H,22,24)/t14-,17+/m0/s1. The van der Waals surface area contributed by atoms with Gasteiger partial charge in [-0.3, -0.25) is 9.69 Å². The molecule has 0 spiro atoms. The molecule has 26 heavy (non-hydrogen) atoms. The lowest BCUT2D eigenvalue weighted by Gasteiger charge is -2.31. The summed E-state index contributed by atoms with van der Waals surface area (Å²) in [5, 5.41) is 11.7. The number of amides is 1. The number of nitrogens with one attached hydrogen (secondary N) is 1. The first-order chi connectivity index (χ1) is 12.6. The number of hydrogen-bond acceptors (Lipinski definition) is 5. The highest BCUT2D eigenvalue weighted by Gasteiger charge is 2.26. The van der Waals surface area contributed by atoms with Crippen molar-refractivity contribution in [3.05, 3.63) is 54.1 Å². The summed E-state index contributed by atoms with van der Waals surface area (Å²) < 4.78 is 11.7. The Balaban J connectivity index is 1.54. The Morgan fingerprint density at radius 2 is 1.96 bits per heavy atom. The number of fused-ring (bicyclic) bond motifs is 1. The second-order valence-electron chi connectivity index (χ2n) is 6.29. The first kappa shape index (κ1) is 17.8. The molecule has 2 aromatic carbocycles. The first-order valence-electron chi connectivity index (χ1n) is 8.46. The van der Waals surface area contributed by atoms with Crippen LogP contribution in [-0.2, 0) is 4.79 Å². The Hall–Kier alpha value is -3.04. The maximum atomic E-state index is 12.5. The number of ether oxygens (including phenoxy) is 2. The molecule has 0 saturated carbocycles. The number of nitriles is 1. The Morgan fingerprint density at radius 1 is 1.27 bits per heavy atom. The second kappa shape index (κ2) is 7.89. The maximum Gasteiger partial charge on any atom is 0.241 e. The highest BCUT2D eigenvalue weighted by Crippen LogP contribution is 2.31. The van der Waals surface area contributed by atoms with Gasteiger partial charge in [-0.2, -0.15) is 5.26 Å². The first-order valence-corrected chi connectivity index (χ1v) is 8.46. The lowest BCUT2D eigenvalue weighted by molar-refractivity contribution is -0.120. The molecule has 1 aliphatic heterocycles. The van der Waals surface area contributed by atoms with Gasteiger partial charge in [-0.15, -0.1) is 0 Å². The van der Waals surface area contributed by atoms with Crippen molar-refractivity contribution < 1.29 is 14.3 Å². The molecule has 1 heterocycles. The number of likely N-dealkylation sites (N-methyl/N-ethyl adjacent to an activating group) is 1. The summed E-state index contributed by atoms with van der Waals surface area (Å²) in [4.78, 5) is 14.4. The number of carbonyl (C=O) groups excluding carboxylic acids is 1. The van der Waals surface area contributed by atoms with Crippen LogP contribution in [0.25, 0.3) is 0 Å². The van der Waals surface area contributed by atoms with Crippen LogP contribution in [-0.4, -0.2) is 43.2 Å². The van der Waals surface area contributed by atoms with E-state index in [1.54, 1.807) is 24.3 Å². The van der Waals surface area contributed by atoms with Crippen LogP contribution in [0.5, 0.6) is 11.5 Å². The van der Waals surface area contributed by atoms with Gasteiger partial charge in [0.1, 0.15) is 12.7 Å². The number of nitrogens with zero attached hydrogens (tertiary/aromatic N) is 2. The molecule has 6 nitrogen and oxygen atoms in total. The molecule has 2 atom stereocenters. The van der Waals surface area contributed by atoms with E-state index in [0.29, 0.717) is 24.4 Å². The lowest BCUT2D eigenvalue weighted by atomic mass is 10.2. The molecule has 0 aromatic heterocycles. The molecule has 2 aromatic rings. The summed E-state index contributed by atoms with van der Waals surface area (Å²) in [5.74, 6) is 1.36. The van der Waals surface area contributed by atoms with E-state index in [-0.39, 0.29) is 18.1 Å². The molecule has 134 valence electrons. The van der Waals surface area contributed by atoms with Crippen molar-refractivity contribution in [3.8, 4) is 17.6 Å². The van der Waals surface area contributed by atoms with Crippen molar-refractivity contribution in [2.75, 3.05) is 25.5 Å². The van der Waals surface area contributed by atoms with Gasteiger partial charge < -0.3 is 14.8 Å². The quantitative estimate of drug-likeness (QED) is 0.896. The average molecular weight is 351 g/mol.